The highest BCUT2D eigenvalue weighted by molar-refractivity contribution is 6.46. The number of amides is 1. The lowest BCUT2D eigenvalue weighted by molar-refractivity contribution is -0.695. The second kappa shape index (κ2) is 9.81. The highest BCUT2D eigenvalue weighted by Gasteiger charge is 2.46. The van der Waals surface area contributed by atoms with Gasteiger partial charge in [-0.3, -0.25) is 19.0 Å². The summed E-state index contributed by atoms with van der Waals surface area (Å²) in [6.45, 7) is 2.72. The number of aryl methyl sites for hydroxylation is 2. The number of methoxy groups -OCH3 is 2. The number of aromatic amines is 1. The summed E-state index contributed by atoms with van der Waals surface area (Å²) in [6, 6.07) is 9.89. The van der Waals surface area contributed by atoms with Gasteiger partial charge in [0.15, 0.2) is 17.3 Å². The molecule has 5 rings (SSSR count). The van der Waals surface area contributed by atoms with Gasteiger partial charge in [0.2, 0.25) is 6.33 Å². The number of aliphatic hydroxyl groups is 1. The number of carbonyl (C=O) groups is 2. The van der Waals surface area contributed by atoms with Crippen LogP contribution in [0.2, 0.25) is 0 Å². The number of hydrogen-bond acceptors (Lipinski definition) is 6. The number of ketones is 1. The number of pyridine rings is 1. The Labute approximate surface area is 213 Å². The number of nitrogens with one attached hydrogen (secondary N) is 1. The van der Waals surface area contributed by atoms with Crippen molar-refractivity contribution in [3.8, 4) is 11.5 Å². The largest absolute Gasteiger partial charge is 0.505 e. The lowest BCUT2D eigenvalue weighted by Gasteiger charge is -2.25. The maximum absolute atomic E-state index is 13.4. The van der Waals surface area contributed by atoms with Crippen LogP contribution in [0.15, 0.2) is 66.9 Å². The molecule has 1 amide bonds. The van der Waals surface area contributed by atoms with Gasteiger partial charge in [-0.1, -0.05) is 12.1 Å². The van der Waals surface area contributed by atoms with E-state index in [-0.39, 0.29) is 11.3 Å². The molecule has 0 radical (unpaired) electrons. The second-order valence-corrected chi connectivity index (χ2v) is 8.78. The first-order valence-corrected chi connectivity index (χ1v) is 11.9. The maximum atomic E-state index is 13.4. The fraction of sp³-hybridized carbons (Fsp3) is 0.259. The third-order valence-corrected chi connectivity index (χ3v) is 6.61. The van der Waals surface area contributed by atoms with Crippen LogP contribution in [0, 0.1) is 6.92 Å². The standard InChI is InChI=1S/C27H27N5O5/c1-17-23(31-12-5-4-7-21(31)29-17)25(33)22-24(18-8-9-19(36-2)20(15-18)37-3)32(27(35)26(22)34)13-6-11-30-14-10-28-16-30/h4-5,7-10,12,14-16,24H,6,11,13H2,1-3H3,(H,33,34)/p+1. The zero-order valence-corrected chi connectivity index (χ0v) is 20.8. The van der Waals surface area contributed by atoms with Gasteiger partial charge in [0.1, 0.15) is 23.7 Å². The Hall–Kier alpha value is -4.60. The molecule has 190 valence electrons. The topological polar surface area (TPSA) is 113 Å². The third-order valence-electron chi connectivity index (χ3n) is 6.61. The monoisotopic (exact) mass is 502 g/mol. The number of rotatable bonds is 8. The van der Waals surface area contributed by atoms with E-state index in [0.29, 0.717) is 53.6 Å². The molecule has 1 fully saturated rings. The molecule has 2 N–H and O–H groups in total. The van der Waals surface area contributed by atoms with Crippen LogP contribution in [-0.4, -0.2) is 56.8 Å². The molecule has 1 saturated heterocycles. The molecule has 1 aliphatic heterocycles. The molecule has 10 nitrogen and oxygen atoms in total. The second-order valence-electron chi connectivity index (χ2n) is 8.78. The van der Waals surface area contributed by atoms with Gasteiger partial charge in [0.05, 0.1) is 38.1 Å². The predicted octanol–water partition coefficient (Wildman–Crippen LogP) is 2.79. The molecule has 4 heterocycles. The lowest BCUT2D eigenvalue weighted by atomic mass is 9.95. The van der Waals surface area contributed by atoms with E-state index >= 15 is 0 Å². The number of fused-ring (bicyclic) bond motifs is 1. The normalized spacial score (nSPS) is 17.1. The Morgan fingerprint density at radius 3 is 2.70 bits per heavy atom. The van der Waals surface area contributed by atoms with Crippen molar-refractivity contribution in [3.63, 3.8) is 0 Å². The summed E-state index contributed by atoms with van der Waals surface area (Å²) in [6.07, 6.45) is 7.91. The number of hydrogen-bond donors (Lipinski definition) is 2. The molecule has 0 spiro atoms. The van der Waals surface area contributed by atoms with Crippen molar-refractivity contribution in [2.75, 3.05) is 20.8 Å². The number of carbonyl (C=O) groups excluding carboxylic acids is 2. The summed E-state index contributed by atoms with van der Waals surface area (Å²) in [5.41, 5.74) is 2.19. The molecule has 1 atom stereocenters. The quantitative estimate of drug-likeness (QED) is 0.166. The summed E-state index contributed by atoms with van der Waals surface area (Å²) in [4.78, 5) is 35.8. The minimum atomic E-state index is -0.815. The van der Waals surface area contributed by atoms with Gasteiger partial charge in [-0.15, -0.1) is 0 Å². The number of nitrogens with zero attached hydrogens (tertiary/aromatic N) is 4. The minimum absolute atomic E-state index is 0.0141. The molecular weight excluding hydrogens is 474 g/mol. The fourth-order valence-electron chi connectivity index (χ4n) is 4.89. The molecule has 10 heteroatoms. The van der Waals surface area contributed by atoms with E-state index < -0.39 is 17.7 Å². The highest BCUT2D eigenvalue weighted by atomic mass is 16.5. The lowest BCUT2D eigenvalue weighted by Crippen LogP contribution is -2.36. The smallest absolute Gasteiger partial charge is 0.295 e. The van der Waals surface area contributed by atoms with E-state index in [1.807, 2.05) is 41.5 Å². The van der Waals surface area contributed by atoms with Gasteiger partial charge in [-0.25, -0.2) is 9.55 Å². The predicted molar refractivity (Wildman–Crippen MR) is 134 cm³/mol. The van der Waals surface area contributed by atoms with Gasteiger partial charge >= 0.3 is 0 Å². The maximum Gasteiger partial charge on any atom is 0.295 e. The van der Waals surface area contributed by atoms with Gasteiger partial charge in [-0.05, 0) is 36.8 Å². The van der Waals surface area contributed by atoms with Crippen LogP contribution < -0.4 is 14.0 Å². The fourth-order valence-corrected chi connectivity index (χ4v) is 4.89. The van der Waals surface area contributed by atoms with Crippen molar-refractivity contribution >= 4 is 23.1 Å². The molecule has 37 heavy (non-hydrogen) atoms. The average Bonchev–Trinajstić information content (AvgIpc) is 3.61. The highest BCUT2D eigenvalue weighted by Crippen LogP contribution is 2.42. The molecule has 3 aromatic heterocycles. The Kier molecular flexibility index (Phi) is 6.39. The van der Waals surface area contributed by atoms with Crippen molar-refractivity contribution in [1.29, 1.82) is 0 Å². The van der Waals surface area contributed by atoms with E-state index in [2.05, 4.69) is 9.97 Å². The van der Waals surface area contributed by atoms with Gasteiger partial charge < -0.3 is 19.5 Å². The number of benzene rings is 1. The van der Waals surface area contributed by atoms with E-state index in [9.17, 15) is 14.7 Å². The van der Waals surface area contributed by atoms with Crippen molar-refractivity contribution in [2.45, 2.75) is 25.9 Å². The van der Waals surface area contributed by atoms with Crippen molar-refractivity contribution in [1.82, 2.24) is 19.3 Å². The Morgan fingerprint density at radius 2 is 1.97 bits per heavy atom. The summed E-state index contributed by atoms with van der Waals surface area (Å²) in [7, 11) is 3.06. The molecule has 1 aliphatic rings. The summed E-state index contributed by atoms with van der Waals surface area (Å²) in [5, 5.41) is 11.6. The molecule has 1 unspecified atom stereocenters. The Morgan fingerprint density at radius 1 is 1.16 bits per heavy atom. The SMILES string of the molecule is COc1ccc(C2/C(=C(\O)c3c(C)nc4ccccn34)C(=O)C(=O)N2CCC[n+]2cc[nH]c2)cc1OC. The third kappa shape index (κ3) is 4.20. The van der Waals surface area contributed by atoms with Crippen LogP contribution in [0.5, 0.6) is 11.5 Å². The van der Waals surface area contributed by atoms with Crippen LogP contribution in [-0.2, 0) is 16.1 Å². The number of likely N-dealkylation sites (tertiary alicyclic amines) is 1. The van der Waals surface area contributed by atoms with E-state index in [0.717, 1.165) is 0 Å². The number of Topliss-reactive ketones (excluding diaryl/α,β-unsaturated/α-hetero) is 1. The van der Waals surface area contributed by atoms with Crippen molar-refractivity contribution < 1.29 is 28.7 Å². The molecule has 0 bridgehead atoms. The number of aromatic nitrogens is 4. The molecule has 0 saturated carbocycles. The van der Waals surface area contributed by atoms with Crippen LogP contribution >= 0.6 is 0 Å². The van der Waals surface area contributed by atoms with E-state index in [1.54, 1.807) is 35.7 Å². The Balaban J connectivity index is 1.63. The zero-order chi connectivity index (χ0) is 26.1. The van der Waals surface area contributed by atoms with Gasteiger partial charge in [-0.2, -0.15) is 0 Å². The van der Waals surface area contributed by atoms with Crippen molar-refractivity contribution in [2.24, 2.45) is 0 Å². The minimum Gasteiger partial charge on any atom is -0.505 e. The van der Waals surface area contributed by atoms with Crippen LogP contribution in [0.3, 0.4) is 0 Å². The zero-order valence-electron chi connectivity index (χ0n) is 20.8. The van der Waals surface area contributed by atoms with Gasteiger partial charge in [0, 0.05) is 19.2 Å². The van der Waals surface area contributed by atoms with Crippen LogP contribution in [0.4, 0.5) is 0 Å². The molecular formula is C27H28N5O5+. The summed E-state index contributed by atoms with van der Waals surface area (Å²) in [5.74, 6) is -0.690. The van der Waals surface area contributed by atoms with Crippen LogP contribution in [0.25, 0.3) is 11.4 Å². The Bertz CT molecular complexity index is 1500. The van der Waals surface area contributed by atoms with Gasteiger partial charge in [0.25, 0.3) is 11.7 Å². The van der Waals surface area contributed by atoms with E-state index in [1.165, 1.54) is 19.1 Å². The first-order chi connectivity index (χ1) is 17.9. The number of aliphatic hydroxyl groups excluding tert-OH is 1. The van der Waals surface area contributed by atoms with E-state index in [4.69, 9.17) is 9.47 Å². The van der Waals surface area contributed by atoms with Crippen molar-refractivity contribution in [3.05, 3.63) is 83.8 Å². The number of H-pyrrole nitrogens is 1. The molecule has 1 aromatic carbocycles. The summed E-state index contributed by atoms with van der Waals surface area (Å²) < 4.78 is 14.5. The first-order valence-electron chi connectivity index (χ1n) is 11.9. The summed E-state index contributed by atoms with van der Waals surface area (Å²) >= 11 is 0. The number of imidazole rings is 2. The molecule has 0 aliphatic carbocycles. The van der Waals surface area contributed by atoms with Crippen LogP contribution in [0.1, 0.15) is 29.4 Å². The average molecular weight is 503 g/mol. The molecule has 4 aromatic rings. The number of ether oxygens (including phenoxy) is 2. The first kappa shape index (κ1) is 24.1.